The van der Waals surface area contributed by atoms with Gasteiger partial charge in [-0.15, -0.1) is 0 Å². The maximum Gasteiger partial charge on any atom is 0.387 e. The predicted octanol–water partition coefficient (Wildman–Crippen LogP) is 3.23. The Balaban J connectivity index is 1.51. The average Bonchev–Trinajstić information content (AvgIpc) is 2.70. The summed E-state index contributed by atoms with van der Waals surface area (Å²) in [6.45, 7) is 1.21. The Kier molecular flexibility index (Phi) is 6.76. The number of carbonyl (C=O) groups is 1. The van der Waals surface area contributed by atoms with Gasteiger partial charge in [-0.3, -0.25) is 9.69 Å². The SMILES string of the molecule is Cc1ccc(C(=O)N2CCN(CC(O)c3ccc(OC(F)F)cc3)CC2)cc1F. The zero-order valence-corrected chi connectivity index (χ0v) is 16.0. The number of carbonyl (C=O) groups excluding carboxylic acids is 1. The van der Waals surface area contributed by atoms with Crippen LogP contribution in [0.1, 0.15) is 27.6 Å². The van der Waals surface area contributed by atoms with Crippen LogP contribution >= 0.6 is 0 Å². The van der Waals surface area contributed by atoms with E-state index in [9.17, 15) is 23.1 Å². The third-order valence-corrected chi connectivity index (χ3v) is 5.00. The minimum Gasteiger partial charge on any atom is -0.435 e. The van der Waals surface area contributed by atoms with Crippen molar-refractivity contribution in [2.24, 2.45) is 0 Å². The van der Waals surface area contributed by atoms with Gasteiger partial charge in [0, 0.05) is 38.3 Å². The molecular formula is C21H23F3N2O3. The first-order chi connectivity index (χ1) is 13.8. The molecule has 2 aromatic carbocycles. The third kappa shape index (κ3) is 5.48. The number of benzene rings is 2. The van der Waals surface area contributed by atoms with Crippen LogP contribution in [0.5, 0.6) is 5.75 Å². The summed E-state index contributed by atoms with van der Waals surface area (Å²) in [4.78, 5) is 16.2. The molecule has 1 fully saturated rings. The largest absolute Gasteiger partial charge is 0.435 e. The van der Waals surface area contributed by atoms with Crippen LogP contribution in [0.2, 0.25) is 0 Å². The molecule has 0 aromatic heterocycles. The number of nitrogens with zero attached hydrogens (tertiary/aromatic N) is 2. The van der Waals surface area contributed by atoms with Crippen LogP contribution in [0.25, 0.3) is 0 Å². The number of rotatable bonds is 6. The Morgan fingerprint density at radius 3 is 2.34 bits per heavy atom. The molecule has 2 aromatic rings. The zero-order valence-electron chi connectivity index (χ0n) is 16.0. The van der Waals surface area contributed by atoms with Crippen LogP contribution in [0.3, 0.4) is 0 Å². The van der Waals surface area contributed by atoms with Gasteiger partial charge in [0.1, 0.15) is 11.6 Å². The second-order valence-corrected chi connectivity index (χ2v) is 7.02. The van der Waals surface area contributed by atoms with E-state index in [1.807, 2.05) is 4.90 Å². The molecule has 1 aliphatic heterocycles. The van der Waals surface area contributed by atoms with Crippen molar-refractivity contribution in [1.82, 2.24) is 9.80 Å². The van der Waals surface area contributed by atoms with E-state index in [4.69, 9.17) is 0 Å². The van der Waals surface area contributed by atoms with Crippen molar-refractivity contribution in [3.05, 3.63) is 65.0 Å². The van der Waals surface area contributed by atoms with Crippen molar-refractivity contribution in [3.8, 4) is 5.75 Å². The molecule has 1 aliphatic rings. The Morgan fingerprint density at radius 1 is 1.10 bits per heavy atom. The van der Waals surface area contributed by atoms with Crippen LogP contribution < -0.4 is 4.74 Å². The van der Waals surface area contributed by atoms with Crippen LogP contribution in [-0.2, 0) is 0 Å². The van der Waals surface area contributed by atoms with E-state index < -0.39 is 18.5 Å². The first-order valence-corrected chi connectivity index (χ1v) is 9.34. The average molecular weight is 408 g/mol. The third-order valence-electron chi connectivity index (χ3n) is 5.00. The summed E-state index contributed by atoms with van der Waals surface area (Å²) in [5.41, 5.74) is 1.42. The molecule has 3 rings (SSSR count). The lowest BCUT2D eigenvalue weighted by Crippen LogP contribution is -2.49. The van der Waals surface area contributed by atoms with E-state index in [2.05, 4.69) is 4.74 Å². The minimum absolute atomic E-state index is 0.0376. The quantitative estimate of drug-likeness (QED) is 0.798. The standard InChI is InChI=1S/C21H23F3N2O3/c1-14-2-3-16(12-18(14)22)20(28)26-10-8-25(9-11-26)13-19(27)15-4-6-17(7-5-15)29-21(23)24/h2-7,12,19,21,27H,8-11,13H2,1H3. The van der Waals surface area contributed by atoms with Gasteiger partial charge in [-0.2, -0.15) is 8.78 Å². The molecule has 0 saturated carbocycles. The van der Waals surface area contributed by atoms with Crippen LogP contribution in [-0.4, -0.2) is 60.1 Å². The lowest BCUT2D eigenvalue weighted by atomic mass is 10.1. The molecule has 1 saturated heterocycles. The second kappa shape index (κ2) is 9.28. The molecule has 1 atom stereocenters. The van der Waals surface area contributed by atoms with Crippen LogP contribution in [0, 0.1) is 12.7 Å². The Labute approximate surface area is 167 Å². The number of hydrogen-bond acceptors (Lipinski definition) is 4. The highest BCUT2D eigenvalue weighted by Gasteiger charge is 2.24. The topological polar surface area (TPSA) is 53.0 Å². The second-order valence-electron chi connectivity index (χ2n) is 7.02. The molecule has 5 nitrogen and oxygen atoms in total. The molecule has 0 bridgehead atoms. The number of ether oxygens (including phenoxy) is 1. The molecule has 0 spiro atoms. The fraction of sp³-hybridized carbons (Fsp3) is 0.381. The molecule has 156 valence electrons. The number of alkyl halides is 2. The molecule has 0 radical (unpaired) electrons. The van der Waals surface area contributed by atoms with E-state index >= 15 is 0 Å². The van der Waals surface area contributed by atoms with Gasteiger partial charge in [0.25, 0.3) is 5.91 Å². The predicted molar refractivity (Wildman–Crippen MR) is 102 cm³/mol. The van der Waals surface area contributed by atoms with Gasteiger partial charge in [0.05, 0.1) is 6.10 Å². The van der Waals surface area contributed by atoms with Crippen molar-refractivity contribution >= 4 is 5.91 Å². The molecule has 1 unspecified atom stereocenters. The monoisotopic (exact) mass is 408 g/mol. The molecule has 8 heteroatoms. The van der Waals surface area contributed by atoms with E-state index in [0.29, 0.717) is 49.4 Å². The number of aliphatic hydroxyl groups is 1. The summed E-state index contributed by atoms with van der Waals surface area (Å²) in [6.07, 6.45) is -0.788. The number of piperazine rings is 1. The zero-order chi connectivity index (χ0) is 21.0. The molecular weight excluding hydrogens is 385 g/mol. The Morgan fingerprint density at radius 2 is 1.76 bits per heavy atom. The lowest BCUT2D eigenvalue weighted by Gasteiger charge is -2.35. The number of β-amino-alcohol motifs (C(OH)–C–C–N with tert-alkyl or cyclic N) is 1. The first-order valence-electron chi connectivity index (χ1n) is 9.34. The Hall–Kier alpha value is -2.58. The van der Waals surface area contributed by atoms with Crippen molar-refractivity contribution in [2.75, 3.05) is 32.7 Å². The molecule has 1 amide bonds. The minimum atomic E-state index is -2.89. The molecule has 29 heavy (non-hydrogen) atoms. The molecule has 1 N–H and O–H groups in total. The summed E-state index contributed by atoms with van der Waals surface area (Å²) in [7, 11) is 0. The summed E-state index contributed by atoms with van der Waals surface area (Å²) in [6, 6.07) is 10.4. The molecule has 1 heterocycles. The maximum atomic E-state index is 13.7. The number of hydrogen-bond donors (Lipinski definition) is 1. The first kappa shape index (κ1) is 21.1. The van der Waals surface area contributed by atoms with Gasteiger partial charge in [-0.05, 0) is 42.3 Å². The fourth-order valence-corrected chi connectivity index (χ4v) is 3.26. The van der Waals surface area contributed by atoms with E-state index in [-0.39, 0.29) is 11.7 Å². The van der Waals surface area contributed by atoms with E-state index in [0.717, 1.165) is 0 Å². The van der Waals surface area contributed by atoms with Crippen LogP contribution in [0.4, 0.5) is 13.2 Å². The molecule has 0 aliphatic carbocycles. The van der Waals surface area contributed by atoms with Gasteiger partial charge in [-0.1, -0.05) is 18.2 Å². The number of aliphatic hydroxyl groups excluding tert-OH is 1. The highest BCUT2D eigenvalue weighted by molar-refractivity contribution is 5.94. The van der Waals surface area contributed by atoms with E-state index in [1.54, 1.807) is 36.1 Å². The Bertz CT molecular complexity index is 838. The van der Waals surface area contributed by atoms with Gasteiger partial charge in [0.15, 0.2) is 0 Å². The fourth-order valence-electron chi connectivity index (χ4n) is 3.26. The van der Waals surface area contributed by atoms with Crippen molar-refractivity contribution in [1.29, 1.82) is 0 Å². The van der Waals surface area contributed by atoms with Crippen molar-refractivity contribution in [3.63, 3.8) is 0 Å². The summed E-state index contributed by atoms with van der Waals surface area (Å²) >= 11 is 0. The van der Waals surface area contributed by atoms with E-state index in [1.165, 1.54) is 18.2 Å². The van der Waals surface area contributed by atoms with Gasteiger partial charge in [-0.25, -0.2) is 4.39 Å². The highest BCUT2D eigenvalue weighted by Crippen LogP contribution is 2.21. The highest BCUT2D eigenvalue weighted by atomic mass is 19.3. The number of aryl methyl sites for hydroxylation is 1. The van der Waals surface area contributed by atoms with Gasteiger partial charge in [0.2, 0.25) is 0 Å². The number of halogens is 3. The summed E-state index contributed by atoms with van der Waals surface area (Å²) in [5.74, 6) is -0.572. The normalized spacial score (nSPS) is 16.1. The lowest BCUT2D eigenvalue weighted by molar-refractivity contribution is -0.0498. The smallest absolute Gasteiger partial charge is 0.387 e. The van der Waals surface area contributed by atoms with Crippen molar-refractivity contribution in [2.45, 2.75) is 19.6 Å². The van der Waals surface area contributed by atoms with Crippen LogP contribution in [0.15, 0.2) is 42.5 Å². The van der Waals surface area contributed by atoms with Crippen molar-refractivity contribution < 1.29 is 27.8 Å². The maximum absolute atomic E-state index is 13.7. The summed E-state index contributed by atoms with van der Waals surface area (Å²) < 4.78 is 42.4. The van der Waals surface area contributed by atoms with Gasteiger partial charge < -0.3 is 14.7 Å². The van der Waals surface area contributed by atoms with Gasteiger partial charge >= 0.3 is 6.61 Å². The summed E-state index contributed by atoms with van der Waals surface area (Å²) in [5, 5.41) is 10.4. The number of amides is 1.